The molecule has 1 spiro atoms. The van der Waals surface area contributed by atoms with Crippen molar-refractivity contribution < 1.29 is 33.6 Å². The molecule has 1 N–H and O–H groups in total. The van der Waals surface area contributed by atoms with E-state index < -0.39 is 16.8 Å². The SMILES string of the molecule is CC(C)OC1C2(C(C)CO)OC2C2OC23C2(C)CCC4=C(COC4=O)C2COC13C. The lowest BCUT2D eigenvalue weighted by atomic mass is 9.49. The maximum atomic E-state index is 12.2. The lowest BCUT2D eigenvalue weighted by Gasteiger charge is -2.60. The fourth-order valence-corrected chi connectivity index (χ4v) is 7.63. The van der Waals surface area contributed by atoms with Crippen LogP contribution in [0.5, 0.6) is 0 Å². The molecule has 4 aliphatic heterocycles. The molecule has 0 aromatic carbocycles. The number of hydrogen-bond donors (Lipinski definition) is 1. The van der Waals surface area contributed by atoms with Crippen molar-refractivity contribution in [3.63, 3.8) is 0 Å². The summed E-state index contributed by atoms with van der Waals surface area (Å²) < 4.78 is 31.7. The quantitative estimate of drug-likeness (QED) is 0.547. The molecule has 0 amide bonds. The molecule has 166 valence electrons. The highest BCUT2D eigenvalue weighted by molar-refractivity contribution is 5.92. The first-order valence-electron chi connectivity index (χ1n) is 11.3. The standard InChI is InChI=1S/C23H32O7/c1-11(2)28-19-21(5)23(17(30-23)16-22(19,29-16)12(3)8-24)20(4)7-6-13-14(9-26-18(13)25)15(20)10-27-21/h11-12,15-17,19,24H,6-10H2,1-5H3. The summed E-state index contributed by atoms with van der Waals surface area (Å²) in [6.45, 7) is 11.4. The highest BCUT2D eigenvalue weighted by Crippen LogP contribution is 2.77. The molecule has 1 saturated carbocycles. The van der Waals surface area contributed by atoms with Gasteiger partial charge in [-0.25, -0.2) is 4.79 Å². The Morgan fingerprint density at radius 3 is 2.67 bits per heavy atom. The number of ether oxygens (including phenoxy) is 5. The topological polar surface area (TPSA) is 90.0 Å². The number of cyclic esters (lactones) is 1. The van der Waals surface area contributed by atoms with Crippen molar-refractivity contribution >= 4 is 5.97 Å². The van der Waals surface area contributed by atoms with Crippen LogP contribution in [0.15, 0.2) is 11.1 Å². The Labute approximate surface area is 177 Å². The van der Waals surface area contributed by atoms with Crippen molar-refractivity contribution in [2.75, 3.05) is 19.8 Å². The number of hydrogen-bond acceptors (Lipinski definition) is 7. The van der Waals surface area contributed by atoms with Gasteiger partial charge in [-0.1, -0.05) is 13.8 Å². The second-order valence-electron chi connectivity index (χ2n) is 10.8. The lowest BCUT2D eigenvalue weighted by Crippen LogP contribution is -2.75. The van der Waals surface area contributed by atoms with Gasteiger partial charge in [0.25, 0.3) is 0 Å². The molecule has 0 aromatic rings. The average Bonchev–Trinajstić information content (AvgIpc) is 3.58. The van der Waals surface area contributed by atoms with Gasteiger partial charge >= 0.3 is 5.97 Å². The summed E-state index contributed by atoms with van der Waals surface area (Å²) in [5.41, 5.74) is -0.0884. The smallest absolute Gasteiger partial charge is 0.334 e. The van der Waals surface area contributed by atoms with Crippen molar-refractivity contribution in [1.29, 1.82) is 0 Å². The second-order valence-corrected chi connectivity index (χ2v) is 10.8. The zero-order valence-corrected chi connectivity index (χ0v) is 18.4. The van der Waals surface area contributed by atoms with Crippen LogP contribution in [-0.2, 0) is 28.5 Å². The van der Waals surface area contributed by atoms with Gasteiger partial charge in [0.2, 0.25) is 0 Å². The minimum absolute atomic E-state index is 0.0116. The molecule has 7 nitrogen and oxygen atoms in total. The minimum atomic E-state index is -0.703. The van der Waals surface area contributed by atoms with Crippen LogP contribution in [0.1, 0.15) is 47.5 Å². The zero-order valence-electron chi connectivity index (χ0n) is 18.4. The molecule has 0 aromatic heterocycles. The highest BCUT2D eigenvalue weighted by Gasteiger charge is 2.94. The van der Waals surface area contributed by atoms with Crippen LogP contribution in [0, 0.1) is 17.3 Å². The molecule has 6 rings (SSSR count). The number of fused-ring (bicyclic) bond motifs is 4. The maximum absolute atomic E-state index is 12.2. The number of rotatable bonds is 4. The zero-order chi connectivity index (χ0) is 21.3. The number of esters is 1. The van der Waals surface area contributed by atoms with E-state index in [2.05, 4.69) is 13.8 Å². The molecular weight excluding hydrogens is 388 g/mol. The van der Waals surface area contributed by atoms with E-state index in [-0.39, 0.29) is 54.2 Å². The van der Waals surface area contributed by atoms with E-state index in [4.69, 9.17) is 23.7 Å². The largest absolute Gasteiger partial charge is 0.458 e. The number of aliphatic hydroxyl groups is 1. The summed E-state index contributed by atoms with van der Waals surface area (Å²) in [5.74, 6) is -0.162. The summed E-state index contributed by atoms with van der Waals surface area (Å²) in [6.07, 6.45) is 1.02. The third kappa shape index (κ3) is 1.90. The molecule has 6 aliphatic rings. The van der Waals surface area contributed by atoms with Gasteiger partial charge in [-0.15, -0.1) is 0 Å². The third-order valence-electron chi connectivity index (χ3n) is 9.22. The van der Waals surface area contributed by atoms with Gasteiger partial charge in [-0.2, -0.15) is 0 Å². The van der Waals surface area contributed by atoms with Crippen molar-refractivity contribution in [1.82, 2.24) is 0 Å². The van der Waals surface area contributed by atoms with Crippen LogP contribution in [-0.4, -0.2) is 72.1 Å². The summed E-state index contributed by atoms with van der Waals surface area (Å²) >= 11 is 0. The van der Waals surface area contributed by atoms with Crippen LogP contribution in [0.3, 0.4) is 0 Å². The highest BCUT2D eigenvalue weighted by atomic mass is 16.7. The van der Waals surface area contributed by atoms with Gasteiger partial charge in [-0.05, 0) is 39.2 Å². The van der Waals surface area contributed by atoms with Crippen LogP contribution in [0.25, 0.3) is 0 Å². The van der Waals surface area contributed by atoms with Gasteiger partial charge in [0.15, 0.2) is 0 Å². The monoisotopic (exact) mass is 420 g/mol. The van der Waals surface area contributed by atoms with Crippen molar-refractivity contribution in [3.05, 3.63) is 11.1 Å². The van der Waals surface area contributed by atoms with Crippen LogP contribution >= 0.6 is 0 Å². The first-order valence-corrected chi connectivity index (χ1v) is 11.3. The lowest BCUT2D eigenvalue weighted by molar-refractivity contribution is -0.270. The van der Waals surface area contributed by atoms with E-state index in [0.717, 1.165) is 17.6 Å². The molecule has 0 bridgehead atoms. The summed E-state index contributed by atoms with van der Waals surface area (Å²) in [7, 11) is 0. The summed E-state index contributed by atoms with van der Waals surface area (Å²) in [4.78, 5) is 12.2. The van der Waals surface area contributed by atoms with Gasteiger partial charge < -0.3 is 28.8 Å². The molecule has 30 heavy (non-hydrogen) atoms. The van der Waals surface area contributed by atoms with E-state index in [9.17, 15) is 9.90 Å². The molecule has 4 fully saturated rings. The maximum Gasteiger partial charge on any atom is 0.334 e. The minimum Gasteiger partial charge on any atom is -0.458 e. The first-order chi connectivity index (χ1) is 14.2. The van der Waals surface area contributed by atoms with Crippen molar-refractivity contribution in [3.8, 4) is 0 Å². The molecular formula is C23H32O7. The Balaban J connectivity index is 1.46. The number of aliphatic hydroxyl groups excluding tert-OH is 1. The number of carbonyl (C=O) groups excluding carboxylic acids is 1. The fraction of sp³-hybridized carbons (Fsp3) is 0.870. The third-order valence-corrected chi connectivity index (χ3v) is 9.22. The molecule has 2 aliphatic carbocycles. The average molecular weight is 421 g/mol. The van der Waals surface area contributed by atoms with Crippen LogP contribution < -0.4 is 0 Å². The van der Waals surface area contributed by atoms with E-state index >= 15 is 0 Å². The predicted octanol–water partition coefficient (Wildman–Crippen LogP) is 1.76. The van der Waals surface area contributed by atoms with Crippen molar-refractivity contribution in [2.24, 2.45) is 17.3 Å². The molecule has 7 heteroatoms. The number of carbonyl (C=O) groups is 1. The van der Waals surface area contributed by atoms with E-state index in [1.807, 2.05) is 20.8 Å². The Kier molecular flexibility index (Phi) is 3.72. The fourth-order valence-electron chi connectivity index (χ4n) is 7.63. The van der Waals surface area contributed by atoms with E-state index in [1.54, 1.807) is 0 Å². The van der Waals surface area contributed by atoms with Crippen LogP contribution in [0.2, 0.25) is 0 Å². The summed E-state index contributed by atoms with van der Waals surface area (Å²) in [5, 5.41) is 10.0. The Bertz CT molecular complexity index is 852. The molecule has 4 heterocycles. The second kappa shape index (κ2) is 5.67. The van der Waals surface area contributed by atoms with Gasteiger partial charge in [-0.3, -0.25) is 0 Å². The Morgan fingerprint density at radius 2 is 1.97 bits per heavy atom. The normalized spacial score (nSPS) is 53.9. The predicted molar refractivity (Wildman–Crippen MR) is 105 cm³/mol. The van der Waals surface area contributed by atoms with Crippen molar-refractivity contribution in [2.45, 2.75) is 88.7 Å². The molecule has 0 radical (unpaired) electrons. The Morgan fingerprint density at radius 1 is 1.20 bits per heavy atom. The summed E-state index contributed by atoms with van der Waals surface area (Å²) in [6, 6.07) is 0. The first kappa shape index (κ1) is 19.7. The molecule has 9 atom stereocenters. The van der Waals surface area contributed by atoms with E-state index in [1.165, 1.54) is 0 Å². The van der Waals surface area contributed by atoms with Crippen LogP contribution in [0.4, 0.5) is 0 Å². The van der Waals surface area contributed by atoms with Gasteiger partial charge in [0.1, 0.15) is 41.7 Å². The number of epoxide rings is 2. The molecule has 9 unspecified atom stereocenters. The van der Waals surface area contributed by atoms with Gasteiger partial charge in [0, 0.05) is 29.4 Å². The van der Waals surface area contributed by atoms with Gasteiger partial charge in [0.05, 0.1) is 12.7 Å². The molecule has 3 saturated heterocycles. The Hall–Kier alpha value is -0.990. The van der Waals surface area contributed by atoms with E-state index in [0.29, 0.717) is 19.6 Å².